The van der Waals surface area contributed by atoms with Gasteiger partial charge in [0.25, 0.3) is 0 Å². The maximum absolute atomic E-state index is 2.46. The Labute approximate surface area is 172 Å². The Balaban J connectivity index is 1.81. The minimum absolute atomic E-state index is 0.336. The first-order valence-corrected chi connectivity index (χ1v) is 10.7. The highest BCUT2D eigenvalue weighted by atomic mass is 14.2. The van der Waals surface area contributed by atoms with Gasteiger partial charge in [-0.2, -0.15) is 0 Å². The van der Waals surface area contributed by atoms with Crippen molar-refractivity contribution in [1.29, 1.82) is 0 Å². The minimum atomic E-state index is 0.336. The van der Waals surface area contributed by atoms with Crippen molar-refractivity contribution >= 4 is 39.2 Å². The zero-order chi connectivity index (χ0) is 19.5. The lowest BCUT2D eigenvalue weighted by molar-refractivity contribution is 1.03. The van der Waals surface area contributed by atoms with E-state index in [1.165, 1.54) is 60.2 Å². The highest BCUT2D eigenvalue weighted by Gasteiger charge is 2.37. The van der Waals surface area contributed by atoms with Gasteiger partial charge in [-0.25, -0.2) is 0 Å². The second-order valence-electron chi connectivity index (χ2n) is 8.52. The van der Waals surface area contributed by atoms with E-state index in [0.717, 1.165) is 12.8 Å². The fourth-order valence-corrected chi connectivity index (χ4v) is 5.56. The number of aryl methyl sites for hydroxylation is 2. The van der Waals surface area contributed by atoms with Crippen molar-refractivity contribution < 1.29 is 0 Å². The standard InChI is InChI=1S/C28H23B/c1-18-16-25-27(23-14-8-6-12-21(18)23)28-24-15-9-7-13-22(24)19(2)17-26(28)29(25)20-10-4-3-5-11-20/h4,6-17H,3,5H2,1-2H3. The highest BCUT2D eigenvalue weighted by Crippen LogP contribution is 2.39. The lowest BCUT2D eigenvalue weighted by Crippen LogP contribution is -2.40. The van der Waals surface area contributed by atoms with E-state index >= 15 is 0 Å². The summed E-state index contributed by atoms with van der Waals surface area (Å²) in [5.41, 5.74) is 10.1. The molecule has 4 aromatic carbocycles. The maximum atomic E-state index is 2.46. The number of rotatable bonds is 1. The molecule has 0 nitrogen and oxygen atoms in total. The molecule has 0 saturated carbocycles. The van der Waals surface area contributed by atoms with Gasteiger partial charge in [0.05, 0.1) is 0 Å². The van der Waals surface area contributed by atoms with Crippen LogP contribution in [0.5, 0.6) is 0 Å². The van der Waals surface area contributed by atoms with Crippen molar-refractivity contribution in [3.8, 4) is 11.1 Å². The van der Waals surface area contributed by atoms with Gasteiger partial charge >= 0.3 is 0 Å². The minimum Gasteiger partial charge on any atom is -0.0889 e. The number of hydrogen-bond acceptors (Lipinski definition) is 0. The molecule has 0 saturated heterocycles. The molecule has 0 atom stereocenters. The molecule has 4 aromatic rings. The average Bonchev–Trinajstić information content (AvgIpc) is 3.08. The zero-order valence-electron chi connectivity index (χ0n) is 17.0. The van der Waals surface area contributed by atoms with E-state index in [0.29, 0.717) is 6.71 Å². The summed E-state index contributed by atoms with van der Waals surface area (Å²) in [4.78, 5) is 0. The Morgan fingerprint density at radius 2 is 1.17 bits per heavy atom. The van der Waals surface area contributed by atoms with Gasteiger partial charge in [-0.15, -0.1) is 0 Å². The van der Waals surface area contributed by atoms with E-state index in [2.05, 4.69) is 92.7 Å². The van der Waals surface area contributed by atoms with Gasteiger partial charge in [0.15, 0.2) is 0 Å². The molecule has 1 aliphatic heterocycles. The van der Waals surface area contributed by atoms with Crippen molar-refractivity contribution in [3.05, 3.63) is 95.5 Å². The van der Waals surface area contributed by atoms with E-state index in [1.807, 2.05) is 0 Å². The SMILES string of the molecule is Cc1cc2c(c3ccccc13)-c1c(cc(C)c3ccccc13)B2C1=CCCC=C1. The summed E-state index contributed by atoms with van der Waals surface area (Å²) in [5, 5.41) is 5.52. The molecule has 0 amide bonds. The molecule has 0 aromatic heterocycles. The topological polar surface area (TPSA) is 0 Å². The molecule has 1 heteroatoms. The largest absolute Gasteiger partial charge is 0.242 e. The van der Waals surface area contributed by atoms with Gasteiger partial charge in [0, 0.05) is 0 Å². The number of benzene rings is 4. The quantitative estimate of drug-likeness (QED) is 0.360. The van der Waals surface area contributed by atoms with Gasteiger partial charge < -0.3 is 0 Å². The van der Waals surface area contributed by atoms with Gasteiger partial charge in [0.2, 0.25) is 6.71 Å². The molecule has 6 rings (SSSR count). The smallest absolute Gasteiger partial charge is 0.0889 e. The van der Waals surface area contributed by atoms with E-state index in [9.17, 15) is 0 Å². The Morgan fingerprint density at radius 1 is 0.655 bits per heavy atom. The number of hydrogen-bond donors (Lipinski definition) is 0. The molecule has 1 heterocycles. The molecule has 0 radical (unpaired) electrons. The Kier molecular flexibility index (Phi) is 3.62. The van der Waals surface area contributed by atoms with Crippen LogP contribution in [0.4, 0.5) is 0 Å². The van der Waals surface area contributed by atoms with Crippen LogP contribution in [0.3, 0.4) is 0 Å². The van der Waals surface area contributed by atoms with E-state index in [4.69, 9.17) is 0 Å². The summed E-state index contributed by atoms with van der Waals surface area (Å²) in [7, 11) is 0. The third kappa shape index (κ3) is 2.34. The van der Waals surface area contributed by atoms with Gasteiger partial charge in [-0.3, -0.25) is 0 Å². The van der Waals surface area contributed by atoms with Crippen molar-refractivity contribution in [3.63, 3.8) is 0 Å². The molecular formula is C28H23B. The first kappa shape index (κ1) is 16.9. The summed E-state index contributed by atoms with van der Waals surface area (Å²) in [6, 6.07) is 22.8. The van der Waals surface area contributed by atoms with E-state index < -0.39 is 0 Å². The number of allylic oxidation sites excluding steroid dienone is 4. The van der Waals surface area contributed by atoms with Crippen LogP contribution in [0.25, 0.3) is 32.7 Å². The summed E-state index contributed by atoms with van der Waals surface area (Å²) in [5.74, 6) is 0. The first-order valence-electron chi connectivity index (χ1n) is 10.7. The number of fused-ring (bicyclic) bond motifs is 7. The zero-order valence-corrected chi connectivity index (χ0v) is 17.0. The van der Waals surface area contributed by atoms with Gasteiger partial charge in [0.1, 0.15) is 0 Å². The van der Waals surface area contributed by atoms with Crippen LogP contribution in [-0.4, -0.2) is 6.71 Å². The molecule has 0 fully saturated rings. The Morgan fingerprint density at radius 3 is 1.66 bits per heavy atom. The molecule has 0 bridgehead atoms. The fraction of sp³-hybridized carbons (Fsp3) is 0.143. The molecule has 29 heavy (non-hydrogen) atoms. The van der Waals surface area contributed by atoms with Crippen LogP contribution < -0.4 is 10.9 Å². The molecule has 0 spiro atoms. The normalized spacial score (nSPS) is 15.0. The highest BCUT2D eigenvalue weighted by molar-refractivity contribution is 6.96. The van der Waals surface area contributed by atoms with Crippen LogP contribution in [0.15, 0.2) is 84.4 Å². The fourth-order valence-electron chi connectivity index (χ4n) is 5.56. The summed E-state index contributed by atoms with van der Waals surface area (Å²) in [6.07, 6.45) is 9.46. The summed E-state index contributed by atoms with van der Waals surface area (Å²) < 4.78 is 0. The lowest BCUT2D eigenvalue weighted by Gasteiger charge is -2.16. The van der Waals surface area contributed by atoms with Gasteiger partial charge in [-0.05, 0) is 70.5 Å². The molecule has 1 aliphatic carbocycles. The monoisotopic (exact) mass is 370 g/mol. The van der Waals surface area contributed by atoms with Crippen LogP contribution >= 0.6 is 0 Å². The first-order chi connectivity index (χ1) is 14.2. The van der Waals surface area contributed by atoms with Crippen molar-refractivity contribution in [2.45, 2.75) is 26.7 Å². The Bertz CT molecular complexity index is 1280. The predicted octanol–water partition coefficient (Wildman–Crippen LogP) is 6.01. The predicted molar refractivity (Wildman–Crippen MR) is 128 cm³/mol. The summed E-state index contributed by atoms with van der Waals surface area (Å²) >= 11 is 0. The van der Waals surface area contributed by atoms with Crippen LogP contribution in [0.2, 0.25) is 0 Å². The Hall–Kier alpha value is -3.06. The third-order valence-corrected chi connectivity index (χ3v) is 6.79. The van der Waals surface area contributed by atoms with Gasteiger partial charge in [-0.1, -0.05) is 95.3 Å². The maximum Gasteiger partial charge on any atom is 0.242 e. The molecular weight excluding hydrogens is 347 g/mol. The van der Waals surface area contributed by atoms with Crippen LogP contribution in [-0.2, 0) is 0 Å². The molecule has 2 aliphatic rings. The van der Waals surface area contributed by atoms with Crippen molar-refractivity contribution in [2.24, 2.45) is 0 Å². The van der Waals surface area contributed by atoms with E-state index in [-0.39, 0.29) is 0 Å². The van der Waals surface area contributed by atoms with E-state index in [1.54, 1.807) is 0 Å². The molecule has 0 unspecified atom stereocenters. The van der Waals surface area contributed by atoms with Crippen LogP contribution in [0.1, 0.15) is 24.0 Å². The average molecular weight is 370 g/mol. The van der Waals surface area contributed by atoms with Crippen LogP contribution in [0, 0.1) is 13.8 Å². The van der Waals surface area contributed by atoms with Crippen molar-refractivity contribution in [1.82, 2.24) is 0 Å². The third-order valence-electron chi connectivity index (χ3n) is 6.79. The second-order valence-corrected chi connectivity index (χ2v) is 8.52. The lowest BCUT2D eigenvalue weighted by atomic mass is 9.37. The summed E-state index contributed by atoms with van der Waals surface area (Å²) in [6.45, 7) is 4.86. The second kappa shape index (κ2) is 6.22. The molecule has 138 valence electrons. The van der Waals surface area contributed by atoms with Crippen molar-refractivity contribution in [2.75, 3.05) is 0 Å². The molecule has 0 N–H and O–H groups in total.